The van der Waals surface area contributed by atoms with Crippen molar-refractivity contribution in [2.45, 2.75) is 58.8 Å². The number of nitrogens with one attached hydrogen (secondary N) is 1. The van der Waals surface area contributed by atoms with E-state index in [0.717, 1.165) is 34.5 Å². The van der Waals surface area contributed by atoms with E-state index < -0.39 is 6.09 Å². The number of aryl methyl sites for hydroxylation is 4. The molecule has 0 radical (unpaired) electrons. The Balaban J connectivity index is 1.47. The quantitative estimate of drug-likeness (QED) is 0.418. The van der Waals surface area contributed by atoms with E-state index in [-0.39, 0.29) is 25.0 Å². The molecule has 1 aliphatic rings. The van der Waals surface area contributed by atoms with Crippen LogP contribution in [-0.4, -0.2) is 47.6 Å². The van der Waals surface area contributed by atoms with E-state index >= 15 is 0 Å². The van der Waals surface area contributed by atoms with Gasteiger partial charge in [0.25, 0.3) is 0 Å². The number of rotatable bonds is 7. The first-order valence-corrected chi connectivity index (χ1v) is 11.6. The fourth-order valence-corrected chi connectivity index (χ4v) is 4.67. The van der Waals surface area contributed by atoms with Gasteiger partial charge in [0.15, 0.2) is 5.76 Å². The van der Waals surface area contributed by atoms with Crippen molar-refractivity contribution >= 4 is 28.7 Å². The van der Waals surface area contributed by atoms with Crippen molar-refractivity contribution in [1.29, 1.82) is 0 Å². The molecule has 2 amide bonds. The molecule has 0 fully saturated rings. The van der Waals surface area contributed by atoms with E-state index in [0.29, 0.717) is 30.8 Å². The fourth-order valence-electron chi connectivity index (χ4n) is 4.67. The molecule has 0 unspecified atom stereocenters. The summed E-state index contributed by atoms with van der Waals surface area (Å²) < 4.78 is 8.90. The largest absolute Gasteiger partial charge is 0.465 e. The summed E-state index contributed by atoms with van der Waals surface area (Å²) in [5, 5.41) is 20.8. The number of imidazole rings is 1. The Bertz CT molecular complexity index is 1370. The van der Waals surface area contributed by atoms with Crippen molar-refractivity contribution in [3.63, 3.8) is 0 Å². The number of anilines is 1. The number of hydrogen-bond acceptors (Lipinski definition) is 6. The highest BCUT2D eigenvalue weighted by Crippen LogP contribution is 2.36. The van der Waals surface area contributed by atoms with Gasteiger partial charge >= 0.3 is 6.09 Å². The second kappa shape index (κ2) is 9.24. The second-order valence-corrected chi connectivity index (χ2v) is 8.82. The molecule has 182 valence electrons. The summed E-state index contributed by atoms with van der Waals surface area (Å²) in [6.07, 6.45) is 4.64. The molecule has 3 aromatic heterocycles. The highest BCUT2D eigenvalue weighted by Gasteiger charge is 2.30. The summed E-state index contributed by atoms with van der Waals surface area (Å²) >= 11 is 0. The number of carbonyl (C=O) groups excluding carboxylic acids is 1. The maximum absolute atomic E-state index is 12.9. The lowest BCUT2D eigenvalue weighted by Gasteiger charge is -2.33. The van der Waals surface area contributed by atoms with Gasteiger partial charge in [-0.15, -0.1) is 0 Å². The average Bonchev–Trinajstić information content (AvgIpc) is 3.56. The van der Waals surface area contributed by atoms with Crippen LogP contribution in [0.4, 0.5) is 10.5 Å². The molecule has 1 atom stereocenters. The lowest BCUT2D eigenvalue weighted by molar-refractivity contribution is -0.121. The molecular weight excluding hydrogens is 450 g/mol. The summed E-state index contributed by atoms with van der Waals surface area (Å²) in [5.74, 6) is 1.15. The molecule has 0 aliphatic carbocycles. The molecule has 11 heteroatoms. The van der Waals surface area contributed by atoms with Gasteiger partial charge < -0.3 is 19.5 Å². The topological polar surface area (TPSA) is 131 Å². The minimum atomic E-state index is -0.974. The highest BCUT2D eigenvalue weighted by molar-refractivity contribution is 5.95. The number of aromatic nitrogens is 5. The van der Waals surface area contributed by atoms with E-state index in [1.54, 1.807) is 12.3 Å². The molecule has 2 N–H and O–H groups in total. The van der Waals surface area contributed by atoms with E-state index in [1.807, 2.05) is 47.5 Å². The Hall–Kier alpha value is -4.15. The van der Waals surface area contributed by atoms with Crippen molar-refractivity contribution in [2.24, 2.45) is 0 Å². The molecule has 0 spiro atoms. The maximum Gasteiger partial charge on any atom is 0.412 e. The number of fused-ring (bicyclic) bond motifs is 3. The minimum absolute atomic E-state index is 0.0793. The Morgan fingerprint density at radius 2 is 2.17 bits per heavy atom. The first kappa shape index (κ1) is 22.6. The minimum Gasteiger partial charge on any atom is -0.465 e. The van der Waals surface area contributed by atoms with Gasteiger partial charge in [-0.25, -0.2) is 9.78 Å². The van der Waals surface area contributed by atoms with Crippen molar-refractivity contribution in [1.82, 2.24) is 29.8 Å². The SMILES string of the molecule is Cc1cc(CNC(=O)Cn2c(CCn3cccn3)nc3c4c(ccc32)N(C(=O)O)[C@@H](C)CC4)on1. The predicted octanol–water partition coefficient (Wildman–Crippen LogP) is 2.91. The average molecular weight is 478 g/mol. The van der Waals surface area contributed by atoms with Crippen LogP contribution in [0.2, 0.25) is 0 Å². The number of hydrogen-bond donors (Lipinski definition) is 2. The van der Waals surface area contributed by atoms with E-state index in [1.165, 1.54) is 4.90 Å². The van der Waals surface area contributed by atoms with Crippen LogP contribution in [-0.2, 0) is 37.3 Å². The Morgan fingerprint density at radius 3 is 2.89 bits per heavy atom. The summed E-state index contributed by atoms with van der Waals surface area (Å²) in [6, 6.07) is 7.22. The van der Waals surface area contributed by atoms with Gasteiger partial charge in [-0.05, 0) is 44.9 Å². The summed E-state index contributed by atoms with van der Waals surface area (Å²) in [5.41, 5.74) is 3.88. The molecule has 35 heavy (non-hydrogen) atoms. The van der Waals surface area contributed by atoms with Crippen molar-refractivity contribution in [3.8, 4) is 0 Å². The summed E-state index contributed by atoms with van der Waals surface area (Å²) in [7, 11) is 0. The van der Waals surface area contributed by atoms with E-state index in [4.69, 9.17) is 9.51 Å². The van der Waals surface area contributed by atoms with Gasteiger partial charge in [-0.3, -0.25) is 14.4 Å². The predicted molar refractivity (Wildman–Crippen MR) is 127 cm³/mol. The van der Waals surface area contributed by atoms with Gasteiger partial charge in [0.1, 0.15) is 12.4 Å². The van der Waals surface area contributed by atoms with Crippen LogP contribution in [0.15, 0.2) is 41.2 Å². The second-order valence-electron chi connectivity index (χ2n) is 8.82. The zero-order valence-electron chi connectivity index (χ0n) is 19.6. The lowest BCUT2D eigenvalue weighted by atomic mass is 9.96. The molecule has 4 heterocycles. The van der Waals surface area contributed by atoms with Gasteiger partial charge in [0.05, 0.1) is 29.0 Å². The summed E-state index contributed by atoms with van der Waals surface area (Å²) in [6.45, 7) is 4.67. The highest BCUT2D eigenvalue weighted by atomic mass is 16.5. The van der Waals surface area contributed by atoms with E-state index in [2.05, 4.69) is 15.6 Å². The molecule has 0 bridgehead atoms. The number of benzene rings is 1. The maximum atomic E-state index is 12.9. The van der Waals surface area contributed by atoms with Gasteiger partial charge in [0.2, 0.25) is 5.91 Å². The van der Waals surface area contributed by atoms with Crippen molar-refractivity contribution in [3.05, 3.63) is 59.5 Å². The standard InChI is InChI=1S/C24H27N7O4/c1-15-12-17(35-28-15)13-25-22(32)14-30-20-7-6-19-18(5-4-16(2)31(19)24(33)34)23(20)27-21(30)8-11-29-10-3-9-26-29/h3,6-7,9-10,12,16H,4-5,8,11,13-14H2,1-2H3,(H,25,32)(H,33,34)/t16-/m0/s1. The van der Waals surface area contributed by atoms with Crippen LogP contribution in [0.3, 0.4) is 0 Å². The van der Waals surface area contributed by atoms with Crippen LogP contribution in [0.1, 0.15) is 36.2 Å². The van der Waals surface area contributed by atoms with Gasteiger partial charge in [0, 0.05) is 43.0 Å². The molecule has 5 rings (SSSR count). The number of carbonyl (C=O) groups is 2. The number of amides is 2. The summed E-state index contributed by atoms with van der Waals surface area (Å²) in [4.78, 5) is 31.1. The molecule has 1 aliphatic heterocycles. The Kier molecular flexibility index (Phi) is 5.98. The van der Waals surface area contributed by atoms with Crippen LogP contribution < -0.4 is 10.2 Å². The molecule has 11 nitrogen and oxygen atoms in total. The first-order chi connectivity index (χ1) is 16.9. The molecule has 0 saturated carbocycles. The first-order valence-electron chi connectivity index (χ1n) is 11.6. The molecule has 1 aromatic carbocycles. The normalized spacial score (nSPS) is 15.4. The van der Waals surface area contributed by atoms with E-state index in [9.17, 15) is 14.7 Å². The third-order valence-electron chi connectivity index (χ3n) is 6.36. The van der Waals surface area contributed by atoms with Gasteiger partial charge in [-0.1, -0.05) is 5.16 Å². The molecular formula is C24H27N7O4. The van der Waals surface area contributed by atoms with Crippen molar-refractivity contribution in [2.75, 3.05) is 4.90 Å². The van der Waals surface area contributed by atoms with Crippen LogP contribution in [0.25, 0.3) is 11.0 Å². The van der Waals surface area contributed by atoms with Crippen molar-refractivity contribution < 1.29 is 19.2 Å². The molecule has 0 saturated heterocycles. The monoisotopic (exact) mass is 477 g/mol. The van der Waals surface area contributed by atoms with Crippen LogP contribution >= 0.6 is 0 Å². The Labute approximate surface area is 201 Å². The van der Waals surface area contributed by atoms with Crippen LogP contribution in [0.5, 0.6) is 0 Å². The zero-order chi connectivity index (χ0) is 24.5. The number of carboxylic acid groups (broad SMARTS) is 1. The molecule has 4 aromatic rings. The third kappa shape index (κ3) is 4.48. The zero-order valence-corrected chi connectivity index (χ0v) is 19.6. The van der Waals surface area contributed by atoms with Crippen LogP contribution in [0, 0.1) is 6.92 Å². The fraction of sp³-hybridized carbons (Fsp3) is 0.375. The number of nitrogens with zero attached hydrogens (tertiary/aromatic N) is 6. The Morgan fingerprint density at radius 1 is 1.31 bits per heavy atom. The van der Waals surface area contributed by atoms with Gasteiger partial charge in [-0.2, -0.15) is 5.10 Å². The third-order valence-corrected chi connectivity index (χ3v) is 6.36. The lowest BCUT2D eigenvalue weighted by Crippen LogP contribution is -2.41. The smallest absolute Gasteiger partial charge is 0.412 e.